The Morgan fingerprint density at radius 2 is 1.82 bits per heavy atom. The van der Waals surface area contributed by atoms with Crippen molar-refractivity contribution in [3.05, 3.63) is 69.6 Å². The quantitative estimate of drug-likeness (QED) is 0.424. The largest absolute Gasteiger partial charge is 0.437 e. The van der Waals surface area contributed by atoms with Crippen LogP contribution in [0.3, 0.4) is 0 Å². The molecule has 34 heavy (non-hydrogen) atoms. The highest BCUT2D eigenvalue weighted by molar-refractivity contribution is 7.89. The Labute approximate surface area is 202 Å². The van der Waals surface area contributed by atoms with Gasteiger partial charge in [-0.3, -0.25) is 4.79 Å². The van der Waals surface area contributed by atoms with Crippen molar-refractivity contribution >= 4 is 39.1 Å². The minimum atomic E-state index is -4.03. The smallest absolute Gasteiger partial charge is 0.387 e. The lowest BCUT2D eigenvalue weighted by atomic mass is 10.0. The van der Waals surface area contributed by atoms with E-state index in [-0.39, 0.29) is 22.0 Å². The van der Waals surface area contributed by atoms with Crippen molar-refractivity contribution in [2.24, 2.45) is 0 Å². The van der Waals surface area contributed by atoms with Gasteiger partial charge in [0.2, 0.25) is 15.9 Å². The number of nitrogens with zero attached hydrogens (tertiary/aromatic N) is 1. The van der Waals surface area contributed by atoms with E-state index in [4.69, 9.17) is 27.9 Å². The Morgan fingerprint density at radius 3 is 2.44 bits per heavy atom. The molecule has 1 amide bonds. The topological polar surface area (TPSA) is 94.6 Å². The zero-order valence-electron chi connectivity index (χ0n) is 17.4. The van der Waals surface area contributed by atoms with Crippen LogP contribution in [0.2, 0.25) is 10.0 Å². The first-order chi connectivity index (χ1) is 15.9. The Kier molecular flexibility index (Phi) is 7.59. The number of ether oxygens (including phenoxy) is 2. The monoisotopic (exact) mass is 534 g/mol. The van der Waals surface area contributed by atoms with E-state index >= 15 is 0 Å². The molecule has 2 aromatic carbocycles. The van der Waals surface area contributed by atoms with Crippen LogP contribution in [0.5, 0.6) is 17.4 Å². The average molecular weight is 535 g/mol. The fourth-order valence-electron chi connectivity index (χ4n) is 2.82. The molecule has 1 heterocycles. The lowest BCUT2D eigenvalue weighted by Gasteiger charge is -2.15. The number of amides is 1. The number of halogens is 5. The number of aromatic nitrogens is 1. The highest BCUT2D eigenvalue weighted by Crippen LogP contribution is 2.38. The van der Waals surface area contributed by atoms with Crippen molar-refractivity contribution < 1.29 is 35.9 Å². The Bertz CT molecular complexity index is 1370. The van der Waals surface area contributed by atoms with E-state index in [1.54, 1.807) is 29.8 Å². The summed E-state index contributed by atoms with van der Waals surface area (Å²) in [7, 11) is -4.03. The van der Waals surface area contributed by atoms with Gasteiger partial charge in [-0.05, 0) is 37.3 Å². The molecule has 1 aromatic heterocycles. The number of hydrogen-bond acceptors (Lipinski definition) is 6. The van der Waals surface area contributed by atoms with Crippen LogP contribution in [-0.4, -0.2) is 32.2 Å². The van der Waals surface area contributed by atoms with Gasteiger partial charge >= 0.3 is 6.61 Å². The zero-order valence-corrected chi connectivity index (χ0v) is 19.7. The van der Waals surface area contributed by atoms with Gasteiger partial charge in [0.1, 0.15) is 22.3 Å². The summed E-state index contributed by atoms with van der Waals surface area (Å²) in [5.41, 5.74) is -0.345. The molecule has 0 saturated carbocycles. The zero-order chi connectivity index (χ0) is 25.2. The molecular weight excluding hydrogens is 520 g/mol. The number of nitrogens with one attached hydrogen (secondary N) is 1. The van der Waals surface area contributed by atoms with Crippen LogP contribution in [0.25, 0.3) is 11.1 Å². The number of benzene rings is 2. The summed E-state index contributed by atoms with van der Waals surface area (Å²) in [5.74, 6) is -2.81. The third-order valence-corrected chi connectivity index (χ3v) is 5.59. The van der Waals surface area contributed by atoms with Gasteiger partial charge in [0.25, 0.3) is 5.91 Å². The van der Waals surface area contributed by atoms with Crippen molar-refractivity contribution in [2.75, 3.05) is 6.26 Å². The van der Waals surface area contributed by atoms with Gasteiger partial charge < -0.3 is 9.47 Å². The highest BCUT2D eigenvalue weighted by Gasteiger charge is 2.22. The molecule has 0 saturated heterocycles. The highest BCUT2D eigenvalue weighted by atomic mass is 35.5. The standard InChI is InChI=1S/C21H15Cl2F3N2O5S/c1-10-14(22)4-3-5-17(10)32-20-15(23)6-11(9-27-20)12-7-16(24)13(8-18(12)33-21(25)26)19(29)28-34(2,30)31/h3-9,21H,1-2H3,(H,28,29). The average Bonchev–Trinajstić information content (AvgIpc) is 2.72. The molecule has 0 spiro atoms. The van der Waals surface area contributed by atoms with Crippen LogP contribution in [-0.2, 0) is 10.0 Å². The van der Waals surface area contributed by atoms with Gasteiger partial charge in [-0.2, -0.15) is 8.78 Å². The maximum Gasteiger partial charge on any atom is 0.387 e. The van der Waals surface area contributed by atoms with E-state index in [0.29, 0.717) is 28.7 Å². The fraction of sp³-hybridized carbons (Fsp3) is 0.143. The summed E-state index contributed by atoms with van der Waals surface area (Å²) in [6.45, 7) is -1.61. The van der Waals surface area contributed by atoms with Crippen LogP contribution in [0.15, 0.2) is 42.6 Å². The third-order valence-electron chi connectivity index (χ3n) is 4.35. The second-order valence-corrected chi connectivity index (χ2v) is 9.45. The summed E-state index contributed by atoms with van der Waals surface area (Å²) in [5, 5.41) is 0.411. The number of carbonyl (C=O) groups is 1. The van der Waals surface area contributed by atoms with Gasteiger partial charge in [-0.25, -0.2) is 22.5 Å². The molecule has 1 N–H and O–H groups in total. The number of pyridine rings is 1. The molecule has 0 aliphatic carbocycles. The van der Waals surface area contributed by atoms with Gasteiger partial charge in [-0.15, -0.1) is 0 Å². The first-order valence-corrected chi connectivity index (χ1v) is 11.9. The van der Waals surface area contributed by atoms with Crippen molar-refractivity contribution in [3.63, 3.8) is 0 Å². The van der Waals surface area contributed by atoms with Crippen molar-refractivity contribution in [1.29, 1.82) is 0 Å². The Morgan fingerprint density at radius 1 is 1.12 bits per heavy atom. The number of rotatable bonds is 7. The Hall–Kier alpha value is -3.02. The van der Waals surface area contributed by atoms with E-state index in [2.05, 4.69) is 9.72 Å². The minimum absolute atomic E-state index is 0.0308. The van der Waals surface area contributed by atoms with Crippen molar-refractivity contribution in [3.8, 4) is 28.5 Å². The summed E-state index contributed by atoms with van der Waals surface area (Å²) >= 11 is 12.3. The van der Waals surface area contributed by atoms with Crippen LogP contribution in [0.4, 0.5) is 13.2 Å². The summed E-state index contributed by atoms with van der Waals surface area (Å²) < 4.78 is 74.8. The minimum Gasteiger partial charge on any atom is -0.437 e. The Balaban J connectivity index is 2.02. The number of carbonyl (C=O) groups excluding carboxylic acids is 1. The van der Waals surface area contributed by atoms with Gasteiger partial charge in [0, 0.05) is 27.9 Å². The third kappa shape index (κ3) is 6.10. The van der Waals surface area contributed by atoms with Gasteiger partial charge in [0.05, 0.1) is 11.8 Å². The molecule has 13 heteroatoms. The van der Waals surface area contributed by atoms with E-state index in [9.17, 15) is 26.4 Å². The van der Waals surface area contributed by atoms with E-state index in [1.165, 1.54) is 12.3 Å². The molecule has 0 bridgehead atoms. The first kappa shape index (κ1) is 25.6. The molecule has 180 valence electrons. The van der Waals surface area contributed by atoms with Crippen LogP contribution >= 0.6 is 23.2 Å². The molecule has 0 atom stereocenters. The lowest BCUT2D eigenvalue weighted by molar-refractivity contribution is -0.0495. The second kappa shape index (κ2) is 10.1. The van der Waals surface area contributed by atoms with Crippen LogP contribution < -0.4 is 14.2 Å². The predicted octanol–water partition coefficient (Wildman–Crippen LogP) is 5.59. The molecule has 0 aliphatic heterocycles. The lowest BCUT2D eigenvalue weighted by Crippen LogP contribution is -2.30. The van der Waals surface area contributed by atoms with E-state index in [0.717, 1.165) is 6.07 Å². The number of sulfonamides is 1. The molecule has 0 radical (unpaired) electrons. The van der Waals surface area contributed by atoms with Gasteiger partial charge in [-0.1, -0.05) is 29.3 Å². The summed E-state index contributed by atoms with van der Waals surface area (Å²) in [6, 6.07) is 7.62. The van der Waals surface area contributed by atoms with Crippen LogP contribution in [0.1, 0.15) is 15.9 Å². The van der Waals surface area contributed by atoms with Crippen LogP contribution in [0, 0.1) is 12.7 Å². The first-order valence-electron chi connectivity index (χ1n) is 9.25. The predicted molar refractivity (Wildman–Crippen MR) is 120 cm³/mol. The molecule has 3 rings (SSSR count). The molecule has 3 aromatic rings. The van der Waals surface area contributed by atoms with Gasteiger partial charge in [0.15, 0.2) is 0 Å². The molecular formula is C21H15Cl2F3N2O5S. The molecule has 0 fully saturated rings. The second-order valence-electron chi connectivity index (χ2n) is 6.89. The number of alkyl halides is 2. The van der Waals surface area contributed by atoms with Crippen molar-refractivity contribution in [2.45, 2.75) is 13.5 Å². The maximum absolute atomic E-state index is 14.6. The maximum atomic E-state index is 14.6. The molecule has 0 aliphatic rings. The van der Waals surface area contributed by atoms with Crippen molar-refractivity contribution in [1.82, 2.24) is 9.71 Å². The van der Waals surface area contributed by atoms with E-state index < -0.39 is 39.7 Å². The molecule has 7 nitrogen and oxygen atoms in total. The summed E-state index contributed by atoms with van der Waals surface area (Å²) in [6.07, 6.45) is 1.85. The fourth-order valence-corrected chi connectivity index (χ4v) is 3.64. The summed E-state index contributed by atoms with van der Waals surface area (Å²) in [4.78, 5) is 16.1. The van der Waals surface area contributed by atoms with E-state index in [1.807, 2.05) is 0 Å². The SMILES string of the molecule is Cc1c(Cl)cccc1Oc1ncc(-c2cc(F)c(C(=O)NS(C)(=O)=O)cc2OC(F)F)cc1Cl. The molecule has 0 unspecified atom stereocenters. The normalized spacial score (nSPS) is 11.4. The number of hydrogen-bond donors (Lipinski definition) is 1.